The smallest absolute Gasteiger partial charge is 0.231 e. The first kappa shape index (κ1) is 19.5. The number of rotatable bonds is 7. The van der Waals surface area contributed by atoms with Gasteiger partial charge in [0.15, 0.2) is 0 Å². The molecule has 0 aliphatic heterocycles. The van der Waals surface area contributed by atoms with Crippen molar-refractivity contribution in [2.24, 2.45) is 0 Å². The molecule has 1 aromatic heterocycles. The molecule has 0 spiro atoms. The van der Waals surface area contributed by atoms with Crippen LogP contribution in [0.3, 0.4) is 0 Å². The lowest BCUT2D eigenvalue weighted by atomic mass is 10.0. The Balaban J connectivity index is 1.69. The number of nitrogens with zero attached hydrogens (tertiary/aromatic N) is 4. The average molecular weight is 374 g/mol. The van der Waals surface area contributed by atoms with Crippen LogP contribution in [0, 0.1) is 6.92 Å². The van der Waals surface area contributed by atoms with Crippen LogP contribution < -0.4 is 9.80 Å². The summed E-state index contributed by atoms with van der Waals surface area (Å²) in [6.45, 7) is 1.97. The standard InChI is InChI=1S/C23H26N4O/c1-17-14-22(26(2)3)25-23(24-17)27(4)20-12-10-19(11-13-20)16-21(28)15-18-8-6-5-7-9-18/h5-14H,15-16H2,1-4H3. The Morgan fingerprint density at radius 3 is 2.07 bits per heavy atom. The van der Waals surface area contributed by atoms with Crippen molar-refractivity contribution >= 4 is 23.2 Å². The zero-order valence-corrected chi connectivity index (χ0v) is 16.9. The number of aromatic nitrogens is 2. The van der Waals surface area contributed by atoms with E-state index in [1.54, 1.807) is 0 Å². The zero-order chi connectivity index (χ0) is 20.1. The largest absolute Gasteiger partial charge is 0.363 e. The van der Waals surface area contributed by atoms with Gasteiger partial charge in [-0.2, -0.15) is 4.98 Å². The van der Waals surface area contributed by atoms with Gasteiger partial charge in [-0.15, -0.1) is 0 Å². The molecule has 0 amide bonds. The number of aryl methyl sites for hydroxylation is 1. The minimum atomic E-state index is 0.213. The molecule has 0 saturated heterocycles. The zero-order valence-electron chi connectivity index (χ0n) is 16.9. The first-order chi connectivity index (χ1) is 13.4. The van der Waals surface area contributed by atoms with Gasteiger partial charge in [0, 0.05) is 51.4 Å². The number of anilines is 3. The fourth-order valence-electron chi connectivity index (χ4n) is 2.98. The van der Waals surface area contributed by atoms with Crippen molar-refractivity contribution in [3.05, 3.63) is 77.5 Å². The number of hydrogen-bond acceptors (Lipinski definition) is 5. The van der Waals surface area contributed by atoms with E-state index in [9.17, 15) is 4.79 Å². The molecule has 2 aromatic carbocycles. The maximum atomic E-state index is 12.3. The highest BCUT2D eigenvalue weighted by atomic mass is 16.1. The summed E-state index contributed by atoms with van der Waals surface area (Å²) in [5, 5.41) is 0. The van der Waals surface area contributed by atoms with Gasteiger partial charge in [0.2, 0.25) is 5.95 Å². The van der Waals surface area contributed by atoms with E-state index < -0.39 is 0 Å². The van der Waals surface area contributed by atoms with Crippen LogP contribution in [0.5, 0.6) is 0 Å². The number of Topliss-reactive ketones (excluding diaryl/α,β-unsaturated/α-hetero) is 1. The molecule has 0 atom stereocenters. The molecule has 0 aliphatic carbocycles. The summed E-state index contributed by atoms with van der Waals surface area (Å²) in [5.41, 5.74) is 3.97. The van der Waals surface area contributed by atoms with Crippen LogP contribution in [0.15, 0.2) is 60.7 Å². The van der Waals surface area contributed by atoms with Crippen LogP contribution in [0.4, 0.5) is 17.5 Å². The van der Waals surface area contributed by atoms with Gasteiger partial charge in [-0.05, 0) is 30.2 Å². The number of carbonyl (C=O) groups is 1. The molecule has 1 heterocycles. The molecule has 0 saturated carbocycles. The Morgan fingerprint density at radius 2 is 1.46 bits per heavy atom. The fourth-order valence-corrected chi connectivity index (χ4v) is 2.98. The lowest BCUT2D eigenvalue weighted by molar-refractivity contribution is -0.117. The first-order valence-electron chi connectivity index (χ1n) is 9.33. The lowest BCUT2D eigenvalue weighted by Crippen LogP contribution is -2.17. The lowest BCUT2D eigenvalue weighted by Gasteiger charge is -2.20. The summed E-state index contributed by atoms with van der Waals surface area (Å²) in [4.78, 5) is 25.4. The van der Waals surface area contributed by atoms with Crippen molar-refractivity contribution < 1.29 is 4.79 Å². The Kier molecular flexibility index (Phi) is 6.04. The van der Waals surface area contributed by atoms with E-state index >= 15 is 0 Å². The van der Waals surface area contributed by atoms with Crippen molar-refractivity contribution in [2.45, 2.75) is 19.8 Å². The number of hydrogen-bond donors (Lipinski definition) is 0. The quantitative estimate of drug-likeness (QED) is 0.626. The van der Waals surface area contributed by atoms with E-state index in [1.807, 2.05) is 98.5 Å². The van der Waals surface area contributed by atoms with Gasteiger partial charge in [0.25, 0.3) is 0 Å². The summed E-state index contributed by atoms with van der Waals surface area (Å²) < 4.78 is 0. The van der Waals surface area contributed by atoms with E-state index in [0.717, 1.165) is 28.3 Å². The Labute approximate surface area is 166 Å². The highest BCUT2D eigenvalue weighted by Crippen LogP contribution is 2.23. The van der Waals surface area contributed by atoms with E-state index in [4.69, 9.17) is 0 Å². The van der Waals surface area contributed by atoms with Crippen molar-refractivity contribution in [1.29, 1.82) is 0 Å². The van der Waals surface area contributed by atoms with Gasteiger partial charge >= 0.3 is 0 Å². The maximum absolute atomic E-state index is 12.3. The van der Waals surface area contributed by atoms with E-state index in [0.29, 0.717) is 18.8 Å². The molecular formula is C23H26N4O. The average Bonchev–Trinajstić information content (AvgIpc) is 2.68. The normalized spacial score (nSPS) is 10.6. The Bertz CT molecular complexity index is 937. The van der Waals surface area contributed by atoms with Crippen LogP contribution in [0.1, 0.15) is 16.8 Å². The molecule has 3 aromatic rings. The summed E-state index contributed by atoms with van der Waals surface area (Å²) >= 11 is 0. The first-order valence-corrected chi connectivity index (χ1v) is 9.33. The molecule has 3 rings (SSSR count). The molecular weight excluding hydrogens is 348 g/mol. The minimum Gasteiger partial charge on any atom is -0.363 e. The van der Waals surface area contributed by atoms with Gasteiger partial charge in [-0.25, -0.2) is 4.98 Å². The molecule has 28 heavy (non-hydrogen) atoms. The van der Waals surface area contributed by atoms with Gasteiger partial charge in [-0.1, -0.05) is 42.5 Å². The van der Waals surface area contributed by atoms with Crippen molar-refractivity contribution in [3.63, 3.8) is 0 Å². The van der Waals surface area contributed by atoms with E-state index in [1.165, 1.54) is 0 Å². The molecule has 0 bridgehead atoms. The van der Waals surface area contributed by atoms with Crippen LogP contribution in [-0.2, 0) is 17.6 Å². The third-order valence-corrected chi connectivity index (χ3v) is 4.56. The number of ketones is 1. The molecule has 0 radical (unpaired) electrons. The predicted molar refractivity (Wildman–Crippen MR) is 114 cm³/mol. The fraction of sp³-hybridized carbons (Fsp3) is 0.261. The summed E-state index contributed by atoms with van der Waals surface area (Å²) in [6, 6.07) is 19.8. The van der Waals surface area contributed by atoms with Crippen LogP contribution in [0.2, 0.25) is 0 Å². The minimum absolute atomic E-state index is 0.213. The van der Waals surface area contributed by atoms with Crippen molar-refractivity contribution in [1.82, 2.24) is 9.97 Å². The summed E-state index contributed by atoms with van der Waals surface area (Å²) in [6.07, 6.45) is 0.900. The predicted octanol–water partition coefficient (Wildman–Crippen LogP) is 3.97. The third kappa shape index (κ3) is 4.94. The maximum Gasteiger partial charge on any atom is 0.231 e. The molecule has 0 N–H and O–H groups in total. The number of carbonyl (C=O) groups excluding carboxylic acids is 1. The molecule has 5 nitrogen and oxygen atoms in total. The topological polar surface area (TPSA) is 49.3 Å². The molecule has 0 aliphatic rings. The van der Waals surface area contributed by atoms with E-state index in [-0.39, 0.29) is 5.78 Å². The second-order valence-corrected chi connectivity index (χ2v) is 7.17. The SMILES string of the molecule is Cc1cc(N(C)C)nc(N(C)c2ccc(CC(=O)Cc3ccccc3)cc2)n1. The van der Waals surface area contributed by atoms with Gasteiger partial charge in [0.05, 0.1) is 0 Å². The summed E-state index contributed by atoms with van der Waals surface area (Å²) in [5.74, 6) is 1.74. The van der Waals surface area contributed by atoms with Gasteiger partial charge < -0.3 is 9.80 Å². The van der Waals surface area contributed by atoms with Crippen LogP contribution in [0.25, 0.3) is 0 Å². The van der Waals surface area contributed by atoms with Crippen molar-refractivity contribution in [3.8, 4) is 0 Å². The van der Waals surface area contributed by atoms with Crippen LogP contribution in [-0.4, -0.2) is 36.9 Å². The highest BCUT2D eigenvalue weighted by Gasteiger charge is 2.11. The number of benzene rings is 2. The molecule has 5 heteroatoms. The van der Waals surface area contributed by atoms with Gasteiger partial charge in [0.1, 0.15) is 11.6 Å². The Morgan fingerprint density at radius 1 is 0.857 bits per heavy atom. The molecule has 0 fully saturated rings. The molecule has 0 unspecified atom stereocenters. The molecule has 144 valence electrons. The highest BCUT2D eigenvalue weighted by molar-refractivity contribution is 5.83. The van der Waals surface area contributed by atoms with Crippen molar-refractivity contribution in [2.75, 3.05) is 30.9 Å². The third-order valence-electron chi connectivity index (χ3n) is 4.56. The monoisotopic (exact) mass is 374 g/mol. The summed E-state index contributed by atoms with van der Waals surface area (Å²) in [7, 11) is 5.88. The van der Waals surface area contributed by atoms with E-state index in [2.05, 4.69) is 9.97 Å². The van der Waals surface area contributed by atoms with Gasteiger partial charge in [-0.3, -0.25) is 4.79 Å². The van der Waals surface area contributed by atoms with Crippen LogP contribution >= 0.6 is 0 Å². The Hall–Kier alpha value is -3.21. The second-order valence-electron chi connectivity index (χ2n) is 7.17. The second kappa shape index (κ2) is 8.65.